The molecule has 5 atom stereocenters. The third-order valence-corrected chi connectivity index (χ3v) is 10.3. The molecule has 2 heterocycles. The molecule has 278 valence electrons. The molecule has 5 rings (SSSR count). The van der Waals surface area contributed by atoms with Crippen molar-refractivity contribution in [3.8, 4) is 0 Å². The first kappa shape index (κ1) is 38.6. The molecule has 1 aliphatic carbocycles. The third-order valence-electron chi connectivity index (χ3n) is 9.74. The van der Waals surface area contributed by atoms with Crippen LogP contribution in [0.4, 0.5) is 4.79 Å². The molecule has 0 aliphatic heterocycles. The lowest BCUT2D eigenvalue weighted by Crippen LogP contribution is -2.65. The highest BCUT2D eigenvalue weighted by Crippen LogP contribution is 2.39. The van der Waals surface area contributed by atoms with Crippen molar-refractivity contribution in [1.82, 2.24) is 31.1 Å². The summed E-state index contributed by atoms with van der Waals surface area (Å²) >= 11 is 13.0. The molecule has 4 aromatic rings. The molecule has 2 aromatic carbocycles. The number of nitrogens with one attached hydrogen (secondary N) is 4. The van der Waals surface area contributed by atoms with Gasteiger partial charge in [0.25, 0.3) is 5.82 Å². The topological polar surface area (TPSA) is 178 Å². The molecular formula is C37H44Cl2N6O7. The first-order chi connectivity index (χ1) is 24.9. The Morgan fingerprint density at radius 3 is 2.42 bits per heavy atom. The zero-order valence-electron chi connectivity index (χ0n) is 29.8. The number of hydrogen-bond acceptors (Lipinski definition) is 9. The van der Waals surface area contributed by atoms with Crippen molar-refractivity contribution < 1.29 is 33.2 Å². The summed E-state index contributed by atoms with van der Waals surface area (Å²) in [5.41, 5.74) is 1.60. The van der Waals surface area contributed by atoms with Gasteiger partial charge in [0.1, 0.15) is 24.2 Å². The average molecular weight is 756 g/mol. The van der Waals surface area contributed by atoms with Gasteiger partial charge in [-0.05, 0) is 60.0 Å². The SMILES string of the molecule is CCOC(=O)c1noc(C(NC(=O)[C@]2(NC(=O)C(NC(=O)OCc3ccccc3)C(C)CC)CCc3[nH]c4c(Cl)cc(Cl)cc4c3C2)C(C)CC)n1. The molecule has 52 heavy (non-hydrogen) atoms. The van der Waals surface area contributed by atoms with Crippen LogP contribution in [0.1, 0.15) is 93.3 Å². The van der Waals surface area contributed by atoms with E-state index >= 15 is 0 Å². The first-order valence-corrected chi connectivity index (χ1v) is 18.2. The normalized spacial score (nSPS) is 17.7. The second-order valence-electron chi connectivity index (χ2n) is 13.2. The van der Waals surface area contributed by atoms with Crippen LogP contribution in [0, 0.1) is 11.8 Å². The van der Waals surface area contributed by atoms with Gasteiger partial charge in [-0.15, -0.1) is 0 Å². The minimum atomic E-state index is -1.51. The number of alkyl carbamates (subject to hydrolysis) is 1. The van der Waals surface area contributed by atoms with Crippen LogP contribution < -0.4 is 16.0 Å². The number of rotatable bonds is 14. The van der Waals surface area contributed by atoms with Crippen LogP contribution in [0.15, 0.2) is 47.0 Å². The number of benzene rings is 2. The van der Waals surface area contributed by atoms with Gasteiger partial charge in [-0.2, -0.15) is 4.98 Å². The number of carbonyl (C=O) groups excluding carboxylic acids is 4. The molecular weight excluding hydrogens is 711 g/mol. The number of halogens is 2. The van der Waals surface area contributed by atoms with Crippen molar-refractivity contribution in [3.05, 3.63) is 81.0 Å². The maximum absolute atomic E-state index is 14.8. The number of hydrogen-bond donors (Lipinski definition) is 4. The molecule has 0 radical (unpaired) electrons. The number of aryl methyl sites for hydroxylation is 1. The van der Waals surface area contributed by atoms with Crippen LogP contribution in [-0.4, -0.2) is 57.2 Å². The van der Waals surface area contributed by atoms with E-state index < -0.39 is 41.5 Å². The highest BCUT2D eigenvalue weighted by atomic mass is 35.5. The van der Waals surface area contributed by atoms with Crippen molar-refractivity contribution in [2.75, 3.05) is 6.61 Å². The van der Waals surface area contributed by atoms with E-state index in [0.29, 0.717) is 34.8 Å². The molecule has 2 aromatic heterocycles. The van der Waals surface area contributed by atoms with Crippen LogP contribution in [0.3, 0.4) is 0 Å². The van der Waals surface area contributed by atoms with E-state index in [2.05, 4.69) is 31.1 Å². The average Bonchev–Trinajstić information content (AvgIpc) is 3.77. The maximum atomic E-state index is 14.8. The molecule has 0 bridgehead atoms. The summed E-state index contributed by atoms with van der Waals surface area (Å²) in [5, 5.41) is 14.2. The Morgan fingerprint density at radius 1 is 1.00 bits per heavy atom. The Kier molecular flexibility index (Phi) is 12.5. The van der Waals surface area contributed by atoms with Crippen LogP contribution >= 0.6 is 23.2 Å². The number of aromatic amines is 1. The number of H-pyrrole nitrogens is 1. The van der Waals surface area contributed by atoms with Crippen LogP contribution in [0.2, 0.25) is 10.0 Å². The smallest absolute Gasteiger partial charge is 0.408 e. The van der Waals surface area contributed by atoms with Crippen LogP contribution in [0.5, 0.6) is 0 Å². The number of aromatic nitrogens is 3. The highest BCUT2D eigenvalue weighted by molar-refractivity contribution is 6.38. The third kappa shape index (κ3) is 8.53. The van der Waals surface area contributed by atoms with E-state index in [-0.39, 0.29) is 49.6 Å². The Hall–Kier alpha value is -4.62. The van der Waals surface area contributed by atoms with E-state index in [0.717, 1.165) is 22.2 Å². The van der Waals surface area contributed by atoms with E-state index in [1.54, 1.807) is 19.1 Å². The van der Waals surface area contributed by atoms with Crippen molar-refractivity contribution in [2.24, 2.45) is 11.8 Å². The van der Waals surface area contributed by atoms with Gasteiger partial charge in [-0.3, -0.25) is 9.59 Å². The molecule has 0 saturated carbocycles. The van der Waals surface area contributed by atoms with Gasteiger partial charge in [-0.25, -0.2) is 9.59 Å². The molecule has 15 heteroatoms. The van der Waals surface area contributed by atoms with Crippen molar-refractivity contribution in [3.63, 3.8) is 0 Å². The van der Waals surface area contributed by atoms with Gasteiger partial charge in [-0.1, -0.05) is 94.1 Å². The van der Waals surface area contributed by atoms with Gasteiger partial charge in [0.05, 0.1) is 17.1 Å². The Bertz CT molecular complexity index is 1910. The van der Waals surface area contributed by atoms with E-state index in [4.69, 9.17) is 37.2 Å². The lowest BCUT2D eigenvalue weighted by molar-refractivity contribution is -0.136. The number of carbonyl (C=O) groups is 4. The monoisotopic (exact) mass is 754 g/mol. The largest absolute Gasteiger partial charge is 0.460 e. The van der Waals surface area contributed by atoms with Gasteiger partial charge >= 0.3 is 12.1 Å². The fraction of sp³-hybridized carbons (Fsp3) is 0.459. The number of esters is 1. The fourth-order valence-electron chi connectivity index (χ4n) is 6.34. The summed E-state index contributed by atoms with van der Waals surface area (Å²) in [6, 6.07) is 10.8. The summed E-state index contributed by atoms with van der Waals surface area (Å²) in [6.45, 7) is 9.39. The first-order valence-electron chi connectivity index (χ1n) is 17.5. The predicted molar refractivity (Wildman–Crippen MR) is 195 cm³/mol. The Morgan fingerprint density at radius 2 is 1.73 bits per heavy atom. The molecule has 3 amide bonds. The fourth-order valence-corrected chi connectivity index (χ4v) is 6.88. The number of amides is 3. The predicted octanol–water partition coefficient (Wildman–Crippen LogP) is 6.62. The van der Waals surface area contributed by atoms with Crippen molar-refractivity contribution in [2.45, 2.75) is 91.0 Å². The summed E-state index contributed by atoms with van der Waals surface area (Å²) < 4.78 is 15.9. The van der Waals surface area contributed by atoms with Gasteiger partial charge < -0.3 is 34.9 Å². The Balaban J connectivity index is 1.48. The highest BCUT2D eigenvalue weighted by Gasteiger charge is 2.47. The zero-order valence-corrected chi connectivity index (χ0v) is 31.3. The van der Waals surface area contributed by atoms with Gasteiger partial charge in [0.15, 0.2) is 0 Å². The molecule has 4 unspecified atom stereocenters. The maximum Gasteiger partial charge on any atom is 0.408 e. The molecule has 13 nitrogen and oxygen atoms in total. The lowest BCUT2D eigenvalue weighted by Gasteiger charge is -2.39. The Labute approximate surface area is 311 Å². The molecule has 0 saturated heterocycles. The minimum Gasteiger partial charge on any atom is -0.460 e. The number of nitrogens with zero attached hydrogens (tertiary/aromatic N) is 2. The van der Waals surface area contributed by atoms with Crippen molar-refractivity contribution >= 4 is 58.0 Å². The second kappa shape index (κ2) is 16.8. The summed E-state index contributed by atoms with van der Waals surface area (Å²) in [7, 11) is 0. The quantitative estimate of drug-likeness (QED) is 0.103. The van der Waals surface area contributed by atoms with E-state index in [1.807, 2.05) is 58.0 Å². The molecule has 0 fully saturated rings. The number of ether oxygens (including phenoxy) is 2. The molecule has 0 spiro atoms. The summed E-state index contributed by atoms with van der Waals surface area (Å²) in [5.74, 6) is -2.59. The number of fused-ring (bicyclic) bond motifs is 3. The lowest BCUT2D eigenvalue weighted by atomic mass is 9.78. The zero-order chi connectivity index (χ0) is 37.6. The molecule has 4 N–H and O–H groups in total. The van der Waals surface area contributed by atoms with E-state index in [1.165, 1.54) is 0 Å². The van der Waals surface area contributed by atoms with Crippen molar-refractivity contribution in [1.29, 1.82) is 0 Å². The summed E-state index contributed by atoms with van der Waals surface area (Å²) in [6.07, 6.45) is 1.06. The summed E-state index contributed by atoms with van der Waals surface area (Å²) in [4.78, 5) is 62.1. The van der Waals surface area contributed by atoms with E-state index in [9.17, 15) is 19.2 Å². The van der Waals surface area contributed by atoms with Gasteiger partial charge in [0, 0.05) is 22.5 Å². The van der Waals surface area contributed by atoms with Gasteiger partial charge in [0.2, 0.25) is 17.7 Å². The second-order valence-corrected chi connectivity index (χ2v) is 14.1. The minimum absolute atomic E-state index is 0.0207. The van der Waals surface area contributed by atoms with Crippen LogP contribution in [0.25, 0.3) is 10.9 Å². The standard InChI is InChI=1S/C37H44Cl2N6O7/c1-6-20(4)28(42-36(49)51-19-22-12-10-9-11-13-22)32(46)44-37(15-14-27-25(18-37)24-16-23(38)17-26(39)30(24)40-27)35(48)41-29(21(5)7-2)33-43-31(45-52-33)34(47)50-8-3/h9-13,16-17,20-21,28-29,40H,6-8,14-15,18-19H2,1-5H3,(H,41,48)(H,42,49)(H,44,46)/t20?,21?,28?,29?,37-/m0/s1. The van der Waals surface area contributed by atoms with Crippen LogP contribution in [-0.2, 0) is 38.5 Å². The molecule has 1 aliphatic rings.